The lowest BCUT2D eigenvalue weighted by molar-refractivity contribution is -0.117. The zero-order valence-electron chi connectivity index (χ0n) is 17.5. The van der Waals surface area contributed by atoms with Gasteiger partial charge in [0.25, 0.3) is 0 Å². The highest BCUT2D eigenvalue weighted by molar-refractivity contribution is 7.89. The molecule has 1 amide bonds. The number of sulfonamides is 1. The molecule has 0 saturated carbocycles. The van der Waals surface area contributed by atoms with Gasteiger partial charge in [-0.15, -0.1) is 0 Å². The molecule has 0 radical (unpaired) electrons. The third-order valence-corrected chi connectivity index (χ3v) is 6.10. The summed E-state index contributed by atoms with van der Waals surface area (Å²) in [5.41, 5.74) is 1.59. The van der Waals surface area contributed by atoms with Crippen molar-refractivity contribution in [1.82, 2.24) is 4.72 Å². The van der Waals surface area contributed by atoms with E-state index in [2.05, 4.69) is 10.0 Å². The number of rotatable bonds is 9. The number of anilines is 1. The summed E-state index contributed by atoms with van der Waals surface area (Å²) in [5.74, 6) is -0.972. The normalized spacial score (nSPS) is 12.0. The lowest BCUT2D eigenvalue weighted by atomic mass is 10.1. The average molecular weight is 453 g/mol. The predicted octanol–water partition coefficient (Wildman–Crippen LogP) is 3.39. The molecule has 0 spiro atoms. The Kier molecular flexibility index (Phi) is 7.75. The smallest absolute Gasteiger partial charge is 0.338 e. The van der Waals surface area contributed by atoms with E-state index in [9.17, 15) is 18.0 Å². The fourth-order valence-electron chi connectivity index (χ4n) is 3.03. The quantitative estimate of drug-likeness (QED) is 0.485. The summed E-state index contributed by atoms with van der Waals surface area (Å²) < 4.78 is 33.1. The van der Waals surface area contributed by atoms with Gasteiger partial charge in [0.1, 0.15) is 6.04 Å². The van der Waals surface area contributed by atoms with Crippen molar-refractivity contribution in [2.45, 2.75) is 24.3 Å². The van der Waals surface area contributed by atoms with Crippen molar-refractivity contribution in [2.24, 2.45) is 0 Å². The lowest BCUT2D eigenvalue weighted by Gasteiger charge is -2.19. The molecule has 32 heavy (non-hydrogen) atoms. The van der Waals surface area contributed by atoms with E-state index in [1.165, 1.54) is 24.3 Å². The molecule has 0 aliphatic rings. The minimum atomic E-state index is -3.91. The fourth-order valence-corrected chi connectivity index (χ4v) is 4.24. The number of hydrogen-bond donors (Lipinski definition) is 2. The van der Waals surface area contributed by atoms with E-state index in [1.807, 2.05) is 30.3 Å². The van der Waals surface area contributed by atoms with Crippen LogP contribution < -0.4 is 10.0 Å². The predicted molar refractivity (Wildman–Crippen MR) is 122 cm³/mol. The van der Waals surface area contributed by atoms with Crippen LogP contribution in [0.4, 0.5) is 5.69 Å². The molecule has 0 fully saturated rings. The molecule has 0 unspecified atom stereocenters. The Labute approximate surface area is 187 Å². The summed E-state index contributed by atoms with van der Waals surface area (Å²) in [5, 5.41) is 2.72. The topological polar surface area (TPSA) is 102 Å². The molecule has 2 N–H and O–H groups in total. The summed E-state index contributed by atoms with van der Waals surface area (Å²) >= 11 is 0. The molecule has 0 bridgehead atoms. The maximum atomic E-state index is 13.0. The molecule has 166 valence electrons. The van der Waals surface area contributed by atoms with E-state index >= 15 is 0 Å². The van der Waals surface area contributed by atoms with Crippen molar-refractivity contribution < 1.29 is 22.7 Å². The van der Waals surface area contributed by atoms with Gasteiger partial charge in [0.2, 0.25) is 15.9 Å². The molecule has 1 atom stereocenters. The third-order valence-electron chi connectivity index (χ3n) is 4.61. The van der Waals surface area contributed by atoms with Crippen LogP contribution in [0.25, 0.3) is 0 Å². The van der Waals surface area contributed by atoms with E-state index in [-0.39, 0.29) is 17.9 Å². The Bertz CT molecular complexity index is 1150. The molecular weight excluding hydrogens is 428 g/mol. The van der Waals surface area contributed by atoms with Crippen LogP contribution in [0.15, 0.2) is 89.8 Å². The minimum Gasteiger partial charge on any atom is -0.462 e. The van der Waals surface area contributed by atoms with Crippen molar-refractivity contribution >= 4 is 27.6 Å². The van der Waals surface area contributed by atoms with Crippen molar-refractivity contribution in [3.05, 3.63) is 96.1 Å². The summed E-state index contributed by atoms with van der Waals surface area (Å²) in [7, 11) is -3.91. The van der Waals surface area contributed by atoms with Gasteiger partial charge in [0.05, 0.1) is 17.1 Å². The second-order valence-electron chi connectivity index (χ2n) is 6.96. The van der Waals surface area contributed by atoms with Gasteiger partial charge < -0.3 is 10.1 Å². The second kappa shape index (κ2) is 10.7. The standard InChI is InChI=1S/C24H24N2O5S/c1-2-31-24(28)19-13-15-20(16-14-19)25-23(27)22(17-18-9-5-3-6-10-18)26-32(29,30)21-11-7-4-8-12-21/h3-16,22,26H,2,17H2,1H3,(H,25,27)/t22-/m1/s1. The highest BCUT2D eigenvalue weighted by Gasteiger charge is 2.26. The first-order valence-corrected chi connectivity index (χ1v) is 11.6. The first-order chi connectivity index (χ1) is 15.4. The van der Waals surface area contributed by atoms with E-state index in [1.54, 1.807) is 37.3 Å². The summed E-state index contributed by atoms with van der Waals surface area (Å²) in [6, 6.07) is 22.2. The molecule has 0 heterocycles. The molecule has 3 aromatic carbocycles. The monoisotopic (exact) mass is 452 g/mol. The third kappa shape index (κ3) is 6.26. The Hall–Kier alpha value is -3.49. The van der Waals surface area contributed by atoms with E-state index in [4.69, 9.17) is 4.74 Å². The number of amides is 1. The van der Waals surface area contributed by atoms with Gasteiger partial charge in [-0.2, -0.15) is 4.72 Å². The number of carbonyl (C=O) groups excluding carboxylic acids is 2. The van der Waals surface area contributed by atoms with Gasteiger partial charge in [0.15, 0.2) is 0 Å². The summed E-state index contributed by atoms with van der Waals surface area (Å²) in [6.45, 7) is 1.98. The number of ether oxygens (including phenoxy) is 1. The van der Waals surface area contributed by atoms with Gasteiger partial charge in [-0.1, -0.05) is 48.5 Å². The number of hydrogen-bond acceptors (Lipinski definition) is 5. The first kappa shape index (κ1) is 23.2. The zero-order chi connectivity index (χ0) is 23.0. The molecule has 0 aliphatic carbocycles. The van der Waals surface area contributed by atoms with Crippen LogP contribution in [0.5, 0.6) is 0 Å². The van der Waals surface area contributed by atoms with E-state index in [0.29, 0.717) is 11.3 Å². The zero-order valence-corrected chi connectivity index (χ0v) is 18.3. The SMILES string of the molecule is CCOC(=O)c1ccc(NC(=O)[C@@H](Cc2ccccc2)NS(=O)(=O)c2ccccc2)cc1. The molecule has 8 heteroatoms. The molecule has 3 rings (SSSR count). The average Bonchev–Trinajstić information content (AvgIpc) is 2.80. The second-order valence-corrected chi connectivity index (χ2v) is 8.68. The van der Waals surface area contributed by atoms with Crippen LogP contribution in [0.3, 0.4) is 0 Å². The number of nitrogens with one attached hydrogen (secondary N) is 2. The molecule has 7 nitrogen and oxygen atoms in total. The molecule has 0 aliphatic heterocycles. The van der Waals surface area contributed by atoms with Crippen LogP contribution in [0.2, 0.25) is 0 Å². The Morgan fingerprint density at radius 2 is 1.47 bits per heavy atom. The maximum Gasteiger partial charge on any atom is 0.338 e. The minimum absolute atomic E-state index is 0.0738. The van der Waals surface area contributed by atoms with E-state index < -0.39 is 27.9 Å². The van der Waals surface area contributed by atoms with Gasteiger partial charge >= 0.3 is 5.97 Å². The van der Waals surface area contributed by atoms with Crippen LogP contribution in [0.1, 0.15) is 22.8 Å². The van der Waals surface area contributed by atoms with Crippen LogP contribution in [-0.4, -0.2) is 32.9 Å². The summed E-state index contributed by atoms with van der Waals surface area (Å²) in [6.07, 6.45) is 0.166. The van der Waals surface area contributed by atoms with Crippen molar-refractivity contribution in [3.8, 4) is 0 Å². The first-order valence-electron chi connectivity index (χ1n) is 10.1. The lowest BCUT2D eigenvalue weighted by Crippen LogP contribution is -2.45. The van der Waals surface area contributed by atoms with Crippen LogP contribution in [-0.2, 0) is 26.0 Å². The molecule has 3 aromatic rings. The fraction of sp³-hybridized carbons (Fsp3) is 0.167. The van der Waals surface area contributed by atoms with Gasteiger partial charge in [-0.25, -0.2) is 13.2 Å². The van der Waals surface area contributed by atoms with Gasteiger partial charge in [0, 0.05) is 5.69 Å². The van der Waals surface area contributed by atoms with Crippen molar-refractivity contribution in [3.63, 3.8) is 0 Å². The van der Waals surface area contributed by atoms with Crippen LogP contribution in [0, 0.1) is 0 Å². The molecule has 0 saturated heterocycles. The largest absolute Gasteiger partial charge is 0.462 e. The van der Waals surface area contributed by atoms with Crippen molar-refractivity contribution in [2.75, 3.05) is 11.9 Å². The Morgan fingerprint density at radius 3 is 2.06 bits per heavy atom. The Morgan fingerprint density at radius 1 is 0.875 bits per heavy atom. The van der Waals surface area contributed by atoms with Crippen molar-refractivity contribution in [1.29, 1.82) is 0 Å². The highest BCUT2D eigenvalue weighted by atomic mass is 32.2. The Balaban J connectivity index is 1.79. The highest BCUT2D eigenvalue weighted by Crippen LogP contribution is 2.14. The number of esters is 1. The van der Waals surface area contributed by atoms with Gasteiger partial charge in [-0.3, -0.25) is 4.79 Å². The molecule has 0 aromatic heterocycles. The molecular formula is C24H24N2O5S. The van der Waals surface area contributed by atoms with Crippen LogP contribution >= 0.6 is 0 Å². The number of benzene rings is 3. The van der Waals surface area contributed by atoms with Gasteiger partial charge in [-0.05, 0) is 55.3 Å². The van der Waals surface area contributed by atoms with E-state index in [0.717, 1.165) is 5.56 Å². The number of carbonyl (C=O) groups is 2. The maximum absolute atomic E-state index is 13.0. The summed E-state index contributed by atoms with van der Waals surface area (Å²) in [4.78, 5) is 24.9.